The largest absolute Gasteiger partial charge is 0.484 e. The van der Waals surface area contributed by atoms with E-state index in [0.29, 0.717) is 11.3 Å². The van der Waals surface area contributed by atoms with Crippen LogP contribution in [0.1, 0.15) is 36.0 Å². The van der Waals surface area contributed by atoms with Gasteiger partial charge >= 0.3 is 0 Å². The van der Waals surface area contributed by atoms with Gasteiger partial charge in [-0.25, -0.2) is 0 Å². The maximum Gasteiger partial charge on any atom is 0.273 e. The molecule has 1 aliphatic carbocycles. The van der Waals surface area contributed by atoms with Gasteiger partial charge in [-0.3, -0.25) is 19.7 Å². The molecule has 0 heterocycles. The number of rotatable bonds is 7. The van der Waals surface area contributed by atoms with Crippen LogP contribution in [0.5, 0.6) is 5.75 Å². The predicted octanol–water partition coefficient (Wildman–Crippen LogP) is 3.28. The lowest BCUT2D eigenvalue weighted by molar-refractivity contribution is -0.384. The summed E-state index contributed by atoms with van der Waals surface area (Å²) < 4.78 is 5.32. The molecule has 146 valence electrons. The van der Waals surface area contributed by atoms with E-state index in [2.05, 4.69) is 10.6 Å². The Morgan fingerprint density at radius 3 is 2.61 bits per heavy atom. The lowest BCUT2D eigenvalue weighted by atomic mass is 10.1. The van der Waals surface area contributed by atoms with Gasteiger partial charge in [0.15, 0.2) is 6.61 Å². The Kier molecular flexibility index (Phi) is 6.21. The van der Waals surface area contributed by atoms with E-state index in [-0.39, 0.29) is 30.0 Å². The molecule has 1 saturated carbocycles. The van der Waals surface area contributed by atoms with Gasteiger partial charge in [-0.05, 0) is 31.0 Å². The maximum absolute atomic E-state index is 12.5. The summed E-state index contributed by atoms with van der Waals surface area (Å²) >= 11 is 0. The SMILES string of the molecule is O=C(COc1cccc([N+](=O)[O-])c1)Nc1ccccc1C(=O)NC1CCCC1. The van der Waals surface area contributed by atoms with Crippen molar-refractivity contribution in [1.82, 2.24) is 5.32 Å². The van der Waals surface area contributed by atoms with Crippen LogP contribution in [0.15, 0.2) is 48.5 Å². The standard InChI is InChI=1S/C20H21N3O5/c24-19(13-28-16-9-5-8-15(12-16)23(26)27)22-18-11-4-3-10-17(18)20(25)21-14-6-1-2-7-14/h3-5,8-12,14H,1-2,6-7,13H2,(H,21,25)(H,22,24). The lowest BCUT2D eigenvalue weighted by Crippen LogP contribution is -2.33. The monoisotopic (exact) mass is 383 g/mol. The molecule has 1 aliphatic rings. The second kappa shape index (κ2) is 8.98. The van der Waals surface area contributed by atoms with Gasteiger partial charge in [-0.1, -0.05) is 31.0 Å². The minimum absolute atomic E-state index is 0.119. The molecular formula is C20H21N3O5. The van der Waals surface area contributed by atoms with E-state index >= 15 is 0 Å². The van der Waals surface area contributed by atoms with Gasteiger partial charge in [-0.2, -0.15) is 0 Å². The first-order valence-electron chi connectivity index (χ1n) is 9.10. The fourth-order valence-corrected chi connectivity index (χ4v) is 3.15. The third-order valence-electron chi connectivity index (χ3n) is 4.53. The van der Waals surface area contributed by atoms with Gasteiger partial charge in [0.2, 0.25) is 0 Å². The zero-order valence-corrected chi connectivity index (χ0v) is 15.2. The van der Waals surface area contributed by atoms with Crippen LogP contribution >= 0.6 is 0 Å². The van der Waals surface area contributed by atoms with Gasteiger partial charge < -0.3 is 15.4 Å². The minimum atomic E-state index is -0.536. The van der Waals surface area contributed by atoms with Crippen LogP contribution < -0.4 is 15.4 Å². The fourth-order valence-electron chi connectivity index (χ4n) is 3.15. The van der Waals surface area contributed by atoms with Gasteiger partial charge in [0.05, 0.1) is 22.2 Å². The quantitative estimate of drug-likeness (QED) is 0.563. The molecule has 0 bridgehead atoms. The molecule has 8 nitrogen and oxygen atoms in total. The smallest absolute Gasteiger partial charge is 0.273 e. The Morgan fingerprint density at radius 1 is 1.11 bits per heavy atom. The van der Waals surface area contributed by atoms with Crippen molar-refractivity contribution in [1.29, 1.82) is 0 Å². The van der Waals surface area contributed by atoms with Gasteiger partial charge in [-0.15, -0.1) is 0 Å². The Morgan fingerprint density at radius 2 is 1.86 bits per heavy atom. The summed E-state index contributed by atoms with van der Waals surface area (Å²) in [5.74, 6) is -0.466. The van der Waals surface area contributed by atoms with Crippen molar-refractivity contribution in [2.75, 3.05) is 11.9 Å². The average Bonchev–Trinajstić information content (AvgIpc) is 3.20. The van der Waals surface area contributed by atoms with Crippen LogP contribution in [-0.2, 0) is 4.79 Å². The average molecular weight is 383 g/mol. The van der Waals surface area contributed by atoms with E-state index in [0.717, 1.165) is 25.7 Å². The first-order valence-corrected chi connectivity index (χ1v) is 9.10. The van der Waals surface area contributed by atoms with Crippen LogP contribution in [0.2, 0.25) is 0 Å². The molecule has 0 spiro atoms. The number of ether oxygens (including phenoxy) is 1. The number of nitrogens with one attached hydrogen (secondary N) is 2. The zero-order chi connectivity index (χ0) is 19.9. The molecule has 2 amide bonds. The molecule has 3 rings (SSSR count). The van der Waals surface area contributed by atoms with Gasteiger partial charge in [0, 0.05) is 12.1 Å². The highest BCUT2D eigenvalue weighted by Crippen LogP contribution is 2.21. The molecular weight excluding hydrogens is 362 g/mol. The summed E-state index contributed by atoms with van der Waals surface area (Å²) in [6, 6.07) is 12.5. The number of hydrogen-bond donors (Lipinski definition) is 2. The summed E-state index contributed by atoms with van der Waals surface area (Å²) in [5.41, 5.74) is 0.663. The Bertz CT molecular complexity index is 878. The van der Waals surface area contributed by atoms with Gasteiger partial charge in [0.1, 0.15) is 5.75 Å². The molecule has 0 aromatic heterocycles. The third kappa shape index (κ3) is 5.06. The van der Waals surface area contributed by atoms with Crippen molar-refractivity contribution >= 4 is 23.2 Å². The zero-order valence-electron chi connectivity index (χ0n) is 15.2. The molecule has 2 aromatic carbocycles. The van der Waals surface area contributed by atoms with Crippen LogP contribution in [0, 0.1) is 10.1 Å². The van der Waals surface area contributed by atoms with Crippen molar-refractivity contribution in [2.45, 2.75) is 31.7 Å². The first-order chi connectivity index (χ1) is 13.5. The predicted molar refractivity (Wildman–Crippen MR) is 103 cm³/mol. The number of para-hydroxylation sites is 1. The van der Waals surface area contributed by atoms with Crippen molar-refractivity contribution in [2.24, 2.45) is 0 Å². The number of hydrogen-bond acceptors (Lipinski definition) is 5. The highest BCUT2D eigenvalue weighted by molar-refractivity contribution is 6.04. The number of benzene rings is 2. The van der Waals surface area contributed by atoms with Crippen LogP contribution in [0.3, 0.4) is 0 Å². The first kappa shape index (κ1) is 19.3. The molecule has 0 atom stereocenters. The van der Waals surface area contributed by atoms with E-state index in [4.69, 9.17) is 4.74 Å². The maximum atomic E-state index is 12.5. The molecule has 0 saturated heterocycles. The molecule has 0 unspecified atom stereocenters. The molecule has 1 fully saturated rings. The molecule has 0 radical (unpaired) electrons. The number of nitrogens with zero attached hydrogens (tertiary/aromatic N) is 1. The number of carbonyl (C=O) groups is 2. The number of nitro groups is 1. The van der Waals surface area contributed by atoms with Crippen molar-refractivity contribution in [3.05, 3.63) is 64.2 Å². The van der Waals surface area contributed by atoms with E-state index in [1.165, 1.54) is 24.3 Å². The molecule has 28 heavy (non-hydrogen) atoms. The van der Waals surface area contributed by atoms with Gasteiger partial charge in [0.25, 0.3) is 17.5 Å². The number of non-ortho nitro benzene ring substituents is 1. The van der Waals surface area contributed by atoms with Crippen molar-refractivity contribution in [3.8, 4) is 5.75 Å². The number of carbonyl (C=O) groups excluding carboxylic acids is 2. The summed E-state index contributed by atoms with van der Waals surface area (Å²) in [5, 5.41) is 16.5. The molecule has 0 aliphatic heterocycles. The minimum Gasteiger partial charge on any atom is -0.484 e. The molecule has 8 heteroatoms. The number of amides is 2. The highest BCUT2D eigenvalue weighted by atomic mass is 16.6. The van der Waals surface area contributed by atoms with E-state index in [9.17, 15) is 19.7 Å². The molecule has 2 N–H and O–H groups in total. The normalized spacial score (nSPS) is 13.7. The van der Waals surface area contributed by atoms with Crippen LogP contribution in [0.4, 0.5) is 11.4 Å². The Balaban J connectivity index is 1.60. The topological polar surface area (TPSA) is 111 Å². The summed E-state index contributed by atoms with van der Waals surface area (Å²) in [7, 11) is 0. The highest BCUT2D eigenvalue weighted by Gasteiger charge is 2.20. The van der Waals surface area contributed by atoms with E-state index in [1.807, 2.05) is 0 Å². The second-order valence-electron chi connectivity index (χ2n) is 6.59. The van der Waals surface area contributed by atoms with Crippen molar-refractivity contribution in [3.63, 3.8) is 0 Å². The Labute approximate surface area is 162 Å². The van der Waals surface area contributed by atoms with E-state index in [1.54, 1.807) is 24.3 Å². The lowest BCUT2D eigenvalue weighted by Gasteiger charge is -2.15. The number of nitro benzene ring substituents is 1. The number of anilines is 1. The summed E-state index contributed by atoms with van der Waals surface area (Å²) in [4.78, 5) is 35.0. The second-order valence-corrected chi connectivity index (χ2v) is 6.59. The third-order valence-corrected chi connectivity index (χ3v) is 4.53. The molecule has 2 aromatic rings. The summed E-state index contributed by atoms with van der Waals surface area (Å²) in [6.45, 7) is -0.334. The van der Waals surface area contributed by atoms with E-state index < -0.39 is 10.8 Å². The Hall–Kier alpha value is -3.42. The van der Waals surface area contributed by atoms with Crippen LogP contribution in [-0.4, -0.2) is 29.4 Å². The van der Waals surface area contributed by atoms with Crippen LogP contribution in [0.25, 0.3) is 0 Å². The van der Waals surface area contributed by atoms with Crippen molar-refractivity contribution < 1.29 is 19.2 Å². The fraction of sp³-hybridized carbons (Fsp3) is 0.300. The summed E-state index contributed by atoms with van der Waals surface area (Å²) in [6.07, 6.45) is 4.16.